The number of aliphatic imine (C=N–C) groups is 1. The van der Waals surface area contributed by atoms with Crippen LogP contribution in [0.2, 0.25) is 0 Å². The largest absolute Gasteiger partial charge is 0.357 e. The number of hydrogen-bond acceptors (Lipinski definition) is 3. The highest BCUT2D eigenvalue weighted by atomic mass is 127. The molecular weight excluding hydrogens is 483 g/mol. The third kappa shape index (κ3) is 7.30. The molecule has 0 spiro atoms. The summed E-state index contributed by atoms with van der Waals surface area (Å²) in [6.07, 6.45) is 5.36. The molecule has 0 aromatic heterocycles. The van der Waals surface area contributed by atoms with E-state index < -0.39 is 10.8 Å². The van der Waals surface area contributed by atoms with E-state index in [4.69, 9.17) is 4.99 Å². The molecule has 28 heavy (non-hydrogen) atoms. The Morgan fingerprint density at radius 3 is 2.64 bits per heavy atom. The Morgan fingerprint density at radius 1 is 1.18 bits per heavy atom. The molecule has 2 unspecified atom stereocenters. The van der Waals surface area contributed by atoms with Crippen LogP contribution < -0.4 is 5.32 Å². The van der Waals surface area contributed by atoms with Gasteiger partial charge in [0.15, 0.2) is 5.96 Å². The van der Waals surface area contributed by atoms with Gasteiger partial charge < -0.3 is 15.1 Å². The van der Waals surface area contributed by atoms with Crippen LogP contribution in [0.15, 0.2) is 40.2 Å². The zero-order valence-electron chi connectivity index (χ0n) is 17.0. The van der Waals surface area contributed by atoms with E-state index in [0.29, 0.717) is 12.3 Å². The van der Waals surface area contributed by atoms with Gasteiger partial charge in [0.1, 0.15) is 0 Å². The predicted molar refractivity (Wildman–Crippen MR) is 129 cm³/mol. The number of piperidine rings is 1. The fourth-order valence-electron chi connectivity index (χ4n) is 4.03. The molecule has 2 aliphatic heterocycles. The van der Waals surface area contributed by atoms with Gasteiger partial charge in [-0.15, -0.1) is 24.0 Å². The first kappa shape index (κ1) is 23.6. The summed E-state index contributed by atoms with van der Waals surface area (Å²) in [4.78, 5) is 10.7. The Labute approximate surface area is 189 Å². The van der Waals surface area contributed by atoms with Gasteiger partial charge in [0, 0.05) is 36.8 Å². The molecule has 158 valence electrons. The van der Waals surface area contributed by atoms with E-state index in [1.54, 1.807) is 0 Å². The van der Waals surface area contributed by atoms with E-state index in [1.807, 2.05) is 30.3 Å². The summed E-state index contributed by atoms with van der Waals surface area (Å²) in [5.41, 5.74) is 0. The minimum atomic E-state index is -0.977. The molecule has 2 saturated heterocycles. The molecule has 2 heterocycles. The summed E-state index contributed by atoms with van der Waals surface area (Å²) in [7, 11) is -0.977. The van der Waals surface area contributed by atoms with Gasteiger partial charge >= 0.3 is 0 Å². The lowest BCUT2D eigenvalue weighted by Crippen LogP contribution is -2.41. The number of rotatable bonds is 7. The minimum absolute atomic E-state index is 0. The minimum Gasteiger partial charge on any atom is -0.357 e. The monoisotopic (exact) mass is 518 g/mol. The highest BCUT2D eigenvalue weighted by Gasteiger charge is 2.26. The number of likely N-dealkylation sites (tertiary alicyclic amines) is 2. The zero-order valence-corrected chi connectivity index (χ0v) is 20.2. The van der Waals surface area contributed by atoms with Gasteiger partial charge in [-0.25, -0.2) is 0 Å². The third-order valence-corrected chi connectivity index (χ3v) is 6.78. The normalized spacial score (nSPS) is 22.0. The first-order chi connectivity index (χ1) is 13.3. The zero-order chi connectivity index (χ0) is 18.9. The van der Waals surface area contributed by atoms with Crippen molar-refractivity contribution in [2.75, 3.05) is 51.6 Å². The number of nitrogens with zero attached hydrogens (tertiary/aromatic N) is 3. The fraction of sp³-hybridized carbons (Fsp3) is 0.667. The lowest BCUT2D eigenvalue weighted by Gasteiger charge is -2.29. The molecule has 2 fully saturated rings. The molecule has 2 atom stereocenters. The maximum absolute atomic E-state index is 12.4. The van der Waals surface area contributed by atoms with Gasteiger partial charge in [-0.2, -0.15) is 0 Å². The molecule has 2 aliphatic rings. The fourth-order valence-corrected chi connectivity index (χ4v) is 4.99. The first-order valence-electron chi connectivity index (χ1n) is 10.5. The van der Waals surface area contributed by atoms with Crippen molar-refractivity contribution in [3.63, 3.8) is 0 Å². The Hall–Kier alpha value is -0.670. The second-order valence-electron chi connectivity index (χ2n) is 7.56. The highest BCUT2D eigenvalue weighted by molar-refractivity contribution is 14.0. The van der Waals surface area contributed by atoms with Crippen molar-refractivity contribution < 1.29 is 4.21 Å². The Bertz CT molecular complexity index is 622. The van der Waals surface area contributed by atoms with Gasteiger partial charge in [0.05, 0.1) is 17.3 Å². The lowest BCUT2D eigenvalue weighted by atomic mass is 10.1. The molecule has 1 aromatic carbocycles. The topological polar surface area (TPSA) is 47.9 Å². The van der Waals surface area contributed by atoms with Gasteiger partial charge in [-0.1, -0.05) is 24.6 Å². The molecule has 0 bridgehead atoms. The number of benzene rings is 1. The third-order valence-electron chi connectivity index (χ3n) is 5.43. The maximum Gasteiger partial charge on any atom is 0.193 e. The number of guanidine groups is 1. The summed E-state index contributed by atoms with van der Waals surface area (Å²) < 4.78 is 12.4. The molecule has 1 N–H and O–H groups in total. The maximum atomic E-state index is 12.4. The Morgan fingerprint density at radius 2 is 1.93 bits per heavy atom. The van der Waals surface area contributed by atoms with Crippen molar-refractivity contribution in [3.8, 4) is 0 Å². The SMILES string of the molecule is CCNC(=NCCS(=O)c1ccccc1)N1CCC(CN2CCCCC2)C1.I. The molecule has 0 amide bonds. The number of halogens is 1. The van der Waals surface area contributed by atoms with Crippen LogP contribution in [0, 0.1) is 5.92 Å². The summed E-state index contributed by atoms with van der Waals surface area (Å²) in [6.45, 7) is 9.51. The first-order valence-corrected chi connectivity index (χ1v) is 11.8. The van der Waals surface area contributed by atoms with Gasteiger partial charge in [0.2, 0.25) is 0 Å². The van der Waals surface area contributed by atoms with E-state index in [1.165, 1.54) is 45.3 Å². The van der Waals surface area contributed by atoms with Crippen LogP contribution >= 0.6 is 24.0 Å². The summed E-state index contributed by atoms with van der Waals surface area (Å²) in [6, 6.07) is 9.68. The van der Waals surface area contributed by atoms with E-state index in [9.17, 15) is 4.21 Å². The van der Waals surface area contributed by atoms with Crippen molar-refractivity contribution in [2.45, 2.75) is 37.5 Å². The summed E-state index contributed by atoms with van der Waals surface area (Å²) in [5.74, 6) is 2.30. The Balaban J connectivity index is 0.00000280. The van der Waals surface area contributed by atoms with Crippen LogP contribution in [-0.4, -0.2) is 71.5 Å². The molecule has 7 heteroatoms. The lowest BCUT2D eigenvalue weighted by molar-refractivity contribution is 0.198. The molecule has 5 nitrogen and oxygen atoms in total. The van der Waals surface area contributed by atoms with Gasteiger partial charge in [-0.05, 0) is 57.3 Å². The standard InChI is InChI=1S/C21H34N4OS.HI/c1-2-22-21(23-12-16-27(26)20-9-5-3-6-10-20)25-15-11-19(18-25)17-24-13-7-4-8-14-24;/h3,5-6,9-10,19H,2,4,7-8,11-18H2,1H3,(H,22,23);1H. The average Bonchev–Trinajstić information content (AvgIpc) is 3.17. The smallest absolute Gasteiger partial charge is 0.193 e. The summed E-state index contributed by atoms with van der Waals surface area (Å²) >= 11 is 0. The number of nitrogens with one attached hydrogen (secondary N) is 1. The average molecular weight is 519 g/mol. The van der Waals surface area contributed by atoms with Crippen molar-refractivity contribution in [3.05, 3.63) is 30.3 Å². The quantitative estimate of drug-likeness (QED) is 0.342. The van der Waals surface area contributed by atoms with Gasteiger partial charge in [-0.3, -0.25) is 9.20 Å². The van der Waals surface area contributed by atoms with E-state index in [0.717, 1.165) is 36.4 Å². The van der Waals surface area contributed by atoms with Crippen LogP contribution in [-0.2, 0) is 10.8 Å². The van der Waals surface area contributed by atoms with Crippen molar-refractivity contribution in [1.82, 2.24) is 15.1 Å². The van der Waals surface area contributed by atoms with E-state index >= 15 is 0 Å². The Kier molecular flexibility index (Phi) is 10.8. The van der Waals surface area contributed by atoms with E-state index in [2.05, 4.69) is 22.0 Å². The molecule has 0 aliphatic carbocycles. The number of hydrogen-bond donors (Lipinski definition) is 1. The molecule has 0 saturated carbocycles. The predicted octanol–water partition coefficient (Wildman–Crippen LogP) is 3.19. The van der Waals surface area contributed by atoms with E-state index in [-0.39, 0.29) is 24.0 Å². The van der Waals surface area contributed by atoms with Crippen molar-refractivity contribution >= 4 is 40.7 Å². The molecule has 1 aromatic rings. The molecular formula is C21H35IN4OS. The van der Waals surface area contributed by atoms with Crippen LogP contribution in [0.1, 0.15) is 32.6 Å². The molecule has 0 radical (unpaired) electrons. The van der Waals surface area contributed by atoms with Gasteiger partial charge in [0.25, 0.3) is 0 Å². The van der Waals surface area contributed by atoms with Crippen LogP contribution in [0.3, 0.4) is 0 Å². The molecule has 3 rings (SSSR count). The second kappa shape index (κ2) is 12.8. The highest BCUT2D eigenvalue weighted by Crippen LogP contribution is 2.20. The van der Waals surface area contributed by atoms with Crippen LogP contribution in [0.5, 0.6) is 0 Å². The summed E-state index contributed by atoms with van der Waals surface area (Å²) in [5, 5.41) is 3.43. The van der Waals surface area contributed by atoms with Crippen LogP contribution in [0.25, 0.3) is 0 Å². The second-order valence-corrected chi connectivity index (χ2v) is 9.13. The van der Waals surface area contributed by atoms with Crippen LogP contribution in [0.4, 0.5) is 0 Å². The van der Waals surface area contributed by atoms with Crippen molar-refractivity contribution in [2.24, 2.45) is 10.9 Å². The van der Waals surface area contributed by atoms with Crippen molar-refractivity contribution in [1.29, 1.82) is 0 Å².